The molecule has 0 bridgehead atoms. The standard InChI is InChI=1S/C27H35F3N4O3/c1-3-37-26(36)34-15-12-23(13-16-34)31-14-11-21(20-9-7-19(2)8-10-20)18-32-25(35)33-24-6-4-5-22(17-24)27(28,29)30/h4-10,17,21,23,31H,3,11-16,18H2,1-2H3,(H2,32,33,35). The van der Waals surface area contributed by atoms with Crippen molar-refractivity contribution in [2.24, 2.45) is 0 Å². The molecule has 1 unspecified atom stereocenters. The molecule has 0 saturated carbocycles. The van der Waals surface area contributed by atoms with Crippen molar-refractivity contribution >= 4 is 17.8 Å². The van der Waals surface area contributed by atoms with Gasteiger partial charge in [0.2, 0.25) is 0 Å². The SMILES string of the molecule is CCOC(=O)N1CCC(NCCC(CNC(=O)Nc2cccc(C(F)(F)F)c2)c2ccc(C)cc2)CC1. The third-order valence-corrected chi connectivity index (χ3v) is 6.45. The van der Waals surface area contributed by atoms with Gasteiger partial charge in [0.15, 0.2) is 0 Å². The Hall–Kier alpha value is -3.27. The van der Waals surface area contributed by atoms with E-state index < -0.39 is 17.8 Å². The zero-order chi connectivity index (χ0) is 26.8. The van der Waals surface area contributed by atoms with Gasteiger partial charge in [-0.2, -0.15) is 13.2 Å². The fourth-order valence-electron chi connectivity index (χ4n) is 4.33. The lowest BCUT2D eigenvalue weighted by Crippen LogP contribution is -2.45. The van der Waals surface area contributed by atoms with E-state index in [4.69, 9.17) is 4.74 Å². The monoisotopic (exact) mass is 520 g/mol. The van der Waals surface area contributed by atoms with Crippen LogP contribution in [0.3, 0.4) is 0 Å². The second kappa shape index (κ2) is 13.3. The van der Waals surface area contributed by atoms with E-state index in [1.165, 1.54) is 12.1 Å². The molecule has 2 aromatic rings. The van der Waals surface area contributed by atoms with Gasteiger partial charge in [0.25, 0.3) is 0 Å². The van der Waals surface area contributed by atoms with E-state index >= 15 is 0 Å². The van der Waals surface area contributed by atoms with E-state index in [9.17, 15) is 22.8 Å². The lowest BCUT2D eigenvalue weighted by molar-refractivity contribution is -0.137. The van der Waals surface area contributed by atoms with E-state index in [2.05, 4.69) is 16.0 Å². The van der Waals surface area contributed by atoms with Crippen molar-refractivity contribution in [3.05, 3.63) is 65.2 Å². The molecule has 1 atom stereocenters. The number of rotatable bonds is 9. The lowest BCUT2D eigenvalue weighted by atomic mass is 9.94. The van der Waals surface area contributed by atoms with Crippen LogP contribution < -0.4 is 16.0 Å². The number of nitrogens with one attached hydrogen (secondary N) is 3. The smallest absolute Gasteiger partial charge is 0.416 e. The van der Waals surface area contributed by atoms with Gasteiger partial charge in [0, 0.05) is 37.3 Å². The molecule has 202 valence electrons. The van der Waals surface area contributed by atoms with Gasteiger partial charge >= 0.3 is 18.3 Å². The quantitative estimate of drug-likeness (QED) is 0.407. The summed E-state index contributed by atoms with van der Waals surface area (Å²) < 4.78 is 43.9. The molecule has 7 nitrogen and oxygen atoms in total. The number of alkyl halides is 3. The molecule has 0 radical (unpaired) electrons. The summed E-state index contributed by atoms with van der Waals surface area (Å²) in [6, 6.07) is 12.4. The number of likely N-dealkylation sites (tertiary alicyclic amines) is 1. The highest BCUT2D eigenvalue weighted by Crippen LogP contribution is 2.30. The van der Waals surface area contributed by atoms with Crippen molar-refractivity contribution in [3.63, 3.8) is 0 Å². The molecular formula is C27H35F3N4O3. The highest BCUT2D eigenvalue weighted by Gasteiger charge is 2.30. The van der Waals surface area contributed by atoms with E-state index in [1.807, 2.05) is 31.2 Å². The molecular weight excluding hydrogens is 485 g/mol. The Kier molecular flexibility index (Phi) is 10.2. The van der Waals surface area contributed by atoms with Crippen LogP contribution in [0.2, 0.25) is 0 Å². The third kappa shape index (κ3) is 8.96. The van der Waals surface area contributed by atoms with E-state index in [1.54, 1.807) is 11.8 Å². The molecule has 1 aliphatic rings. The first-order valence-corrected chi connectivity index (χ1v) is 12.6. The number of halogens is 3. The van der Waals surface area contributed by atoms with Crippen LogP contribution in [0.1, 0.15) is 48.8 Å². The van der Waals surface area contributed by atoms with Crippen LogP contribution >= 0.6 is 0 Å². The fraction of sp³-hybridized carbons (Fsp3) is 0.481. The summed E-state index contributed by atoms with van der Waals surface area (Å²) in [4.78, 5) is 26.1. The van der Waals surface area contributed by atoms with Crippen molar-refractivity contribution < 1.29 is 27.5 Å². The van der Waals surface area contributed by atoms with Crippen LogP contribution in [0.25, 0.3) is 0 Å². The molecule has 0 aromatic heterocycles. The van der Waals surface area contributed by atoms with Crippen molar-refractivity contribution in [2.75, 3.05) is 38.1 Å². The zero-order valence-electron chi connectivity index (χ0n) is 21.2. The minimum absolute atomic E-state index is 0.0139. The third-order valence-electron chi connectivity index (χ3n) is 6.45. The summed E-state index contributed by atoms with van der Waals surface area (Å²) in [5, 5.41) is 8.86. The number of amides is 3. The maximum Gasteiger partial charge on any atom is 0.416 e. The normalized spacial score (nSPS) is 15.2. The number of nitrogens with zero attached hydrogens (tertiary/aromatic N) is 1. The second-order valence-electron chi connectivity index (χ2n) is 9.22. The number of hydrogen-bond donors (Lipinski definition) is 3. The number of anilines is 1. The summed E-state index contributed by atoms with van der Waals surface area (Å²) in [6.07, 6.45) is -2.31. The molecule has 10 heteroatoms. The van der Waals surface area contributed by atoms with Gasteiger partial charge in [-0.1, -0.05) is 35.9 Å². The predicted octanol–water partition coefficient (Wildman–Crippen LogP) is 5.52. The Morgan fingerprint density at radius 3 is 2.46 bits per heavy atom. The van der Waals surface area contributed by atoms with Crippen molar-refractivity contribution in [3.8, 4) is 0 Å². The maximum absolute atomic E-state index is 13.0. The van der Waals surface area contributed by atoms with Crippen LogP contribution in [-0.2, 0) is 10.9 Å². The first kappa shape index (κ1) is 28.3. The number of carbonyl (C=O) groups excluding carboxylic acids is 2. The lowest BCUT2D eigenvalue weighted by Gasteiger charge is -2.32. The Bertz CT molecular complexity index is 1020. The molecule has 3 rings (SSSR count). The van der Waals surface area contributed by atoms with Crippen LogP contribution in [0, 0.1) is 6.92 Å². The number of benzene rings is 2. The molecule has 2 aromatic carbocycles. The molecule has 0 aliphatic carbocycles. The van der Waals surface area contributed by atoms with Gasteiger partial charge in [-0.05, 0) is 63.4 Å². The molecule has 1 fully saturated rings. The average Bonchev–Trinajstić information content (AvgIpc) is 2.87. The number of carbonyl (C=O) groups is 2. The Labute approximate surface area is 215 Å². The highest BCUT2D eigenvalue weighted by atomic mass is 19.4. The number of aryl methyl sites for hydroxylation is 1. The number of hydrogen-bond acceptors (Lipinski definition) is 4. The van der Waals surface area contributed by atoms with Crippen molar-refractivity contribution in [1.82, 2.24) is 15.5 Å². The number of ether oxygens (including phenoxy) is 1. The van der Waals surface area contributed by atoms with Crippen LogP contribution in [0.5, 0.6) is 0 Å². The molecule has 1 heterocycles. The minimum atomic E-state index is -4.48. The van der Waals surface area contributed by atoms with Crippen LogP contribution in [0.4, 0.5) is 28.4 Å². The van der Waals surface area contributed by atoms with Gasteiger partial charge in [0.1, 0.15) is 0 Å². The van der Waals surface area contributed by atoms with E-state index in [0.29, 0.717) is 32.3 Å². The Morgan fingerprint density at radius 1 is 1.11 bits per heavy atom. The Morgan fingerprint density at radius 2 is 1.81 bits per heavy atom. The van der Waals surface area contributed by atoms with Gasteiger partial charge in [0.05, 0.1) is 12.2 Å². The highest BCUT2D eigenvalue weighted by molar-refractivity contribution is 5.89. The topological polar surface area (TPSA) is 82.7 Å². The molecule has 3 N–H and O–H groups in total. The van der Waals surface area contributed by atoms with Gasteiger partial charge in [-0.25, -0.2) is 9.59 Å². The van der Waals surface area contributed by atoms with Gasteiger partial charge in [-0.15, -0.1) is 0 Å². The summed E-state index contributed by atoms with van der Waals surface area (Å²) in [5.41, 5.74) is 1.46. The summed E-state index contributed by atoms with van der Waals surface area (Å²) >= 11 is 0. The van der Waals surface area contributed by atoms with Gasteiger partial charge < -0.3 is 25.6 Å². The zero-order valence-corrected chi connectivity index (χ0v) is 21.2. The number of urea groups is 1. The first-order valence-electron chi connectivity index (χ1n) is 12.6. The van der Waals surface area contributed by atoms with Crippen molar-refractivity contribution in [2.45, 2.75) is 51.2 Å². The average molecular weight is 521 g/mol. The summed E-state index contributed by atoms with van der Waals surface area (Å²) in [5.74, 6) is 0.0139. The van der Waals surface area contributed by atoms with Crippen LogP contribution in [-0.4, -0.2) is 55.9 Å². The first-order chi connectivity index (χ1) is 17.7. The second-order valence-corrected chi connectivity index (χ2v) is 9.22. The molecule has 3 amide bonds. The molecule has 1 saturated heterocycles. The largest absolute Gasteiger partial charge is 0.450 e. The number of piperidine rings is 1. The van der Waals surface area contributed by atoms with Crippen LogP contribution in [0.15, 0.2) is 48.5 Å². The molecule has 0 spiro atoms. The van der Waals surface area contributed by atoms with Crippen molar-refractivity contribution in [1.29, 1.82) is 0 Å². The maximum atomic E-state index is 13.0. The molecule has 1 aliphatic heterocycles. The summed E-state index contributed by atoms with van der Waals surface area (Å²) in [7, 11) is 0. The minimum Gasteiger partial charge on any atom is -0.450 e. The fourth-order valence-corrected chi connectivity index (χ4v) is 4.33. The Balaban J connectivity index is 1.52. The predicted molar refractivity (Wildman–Crippen MR) is 137 cm³/mol. The van der Waals surface area contributed by atoms with Gasteiger partial charge in [-0.3, -0.25) is 0 Å². The molecule has 37 heavy (non-hydrogen) atoms. The summed E-state index contributed by atoms with van der Waals surface area (Å²) in [6.45, 7) is 6.51. The van der Waals surface area contributed by atoms with E-state index in [-0.39, 0.29) is 17.7 Å². The van der Waals surface area contributed by atoms with E-state index in [0.717, 1.165) is 49.1 Å².